The largest absolute Gasteiger partial charge is 0.493 e. The molecule has 0 unspecified atom stereocenters. The van der Waals surface area contributed by atoms with Gasteiger partial charge in [-0.3, -0.25) is 4.79 Å². The van der Waals surface area contributed by atoms with Gasteiger partial charge < -0.3 is 14.8 Å². The van der Waals surface area contributed by atoms with Crippen LogP contribution in [0.15, 0.2) is 47.4 Å². The van der Waals surface area contributed by atoms with Crippen LogP contribution in [0.25, 0.3) is 0 Å². The lowest BCUT2D eigenvalue weighted by Gasteiger charge is -2.31. The molecule has 1 amide bonds. The maximum absolute atomic E-state index is 13.1. The third kappa shape index (κ3) is 4.68. The van der Waals surface area contributed by atoms with Crippen LogP contribution in [0.3, 0.4) is 0 Å². The van der Waals surface area contributed by atoms with Gasteiger partial charge in [0, 0.05) is 24.8 Å². The SMILES string of the molecule is COc1ccc(NC(=O)[C@@H]2CCCN(S(=O)(=O)c3ccc(F)cc3)C2)cc1OC. The molecule has 0 saturated carbocycles. The number of halogens is 1. The summed E-state index contributed by atoms with van der Waals surface area (Å²) in [4.78, 5) is 12.7. The van der Waals surface area contributed by atoms with Gasteiger partial charge in [-0.1, -0.05) is 0 Å². The van der Waals surface area contributed by atoms with Gasteiger partial charge in [0.2, 0.25) is 15.9 Å². The first kappa shape index (κ1) is 21.1. The molecule has 0 spiro atoms. The number of benzene rings is 2. The summed E-state index contributed by atoms with van der Waals surface area (Å²) in [5, 5.41) is 2.81. The lowest BCUT2D eigenvalue weighted by molar-refractivity contribution is -0.120. The van der Waals surface area contributed by atoms with E-state index in [1.165, 1.54) is 30.7 Å². The molecule has 2 aromatic rings. The van der Waals surface area contributed by atoms with Crippen LogP contribution in [0.4, 0.5) is 10.1 Å². The van der Waals surface area contributed by atoms with Crippen molar-refractivity contribution in [3.63, 3.8) is 0 Å². The molecule has 29 heavy (non-hydrogen) atoms. The van der Waals surface area contributed by atoms with Crippen LogP contribution in [0.1, 0.15) is 12.8 Å². The highest BCUT2D eigenvalue weighted by molar-refractivity contribution is 7.89. The molecule has 1 saturated heterocycles. The maximum Gasteiger partial charge on any atom is 0.243 e. The summed E-state index contributed by atoms with van der Waals surface area (Å²) in [6, 6.07) is 9.70. The molecule has 1 heterocycles. The van der Waals surface area contributed by atoms with E-state index in [9.17, 15) is 17.6 Å². The van der Waals surface area contributed by atoms with Crippen molar-refractivity contribution < 1.29 is 27.1 Å². The minimum atomic E-state index is -3.79. The normalized spacial score (nSPS) is 17.6. The third-order valence-electron chi connectivity index (χ3n) is 4.86. The maximum atomic E-state index is 13.1. The molecule has 0 bridgehead atoms. The fourth-order valence-electron chi connectivity index (χ4n) is 3.29. The molecule has 0 aliphatic carbocycles. The minimum absolute atomic E-state index is 0.0137. The zero-order valence-corrected chi connectivity index (χ0v) is 17.0. The highest BCUT2D eigenvalue weighted by Crippen LogP contribution is 2.30. The molecule has 7 nitrogen and oxygen atoms in total. The summed E-state index contributed by atoms with van der Waals surface area (Å²) in [6.07, 6.45) is 1.14. The second-order valence-corrected chi connectivity index (χ2v) is 8.65. The Balaban J connectivity index is 1.72. The molecule has 1 atom stereocenters. The first-order valence-corrected chi connectivity index (χ1v) is 10.6. The number of carbonyl (C=O) groups excluding carboxylic acids is 1. The van der Waals surface area contributed by atoms with E-state index < -0.39 is 21.8 Å². The van der Waals surface area contributed by atoms with Crippen LogP contribution >= 0.6 is 0 Å². The van der Waals surface area contributed by atoms with Crippen molar-refractivity contribution in [2.45, 2.75) is 17.7 Å². The number of amides is 1. The summed E-state index contributed by atoms with van der Waals surface area (Å²) in [7, 11) is -0.763. The predicted molar refractivity (Wildman–Crippen MR) is 106 cm³/mol. The number of methoxy groups -OCH3 is 2. The molecule has 1 fully saturated rings. The smallest absolute Gasteiger partial charge is 0.243 e. The van der Waals surface area contributed by atoms with Crippen molar-refractivity contribution in [2.24, 2.45) is 5.92 Å². The number of nitrogens with zero attached hydrogens (tertiary/aromatic N) is 1. The Labute approximate surface area is 169 Å². The Morgan fingerprint density at radius 1 is 1.10 bits per heavy atom. The van der Waals surface area contributed by atoms with Gasteiger partial charge in [-0.25, -0.2) is 12.8 Å². The third-order valence-corrected chi connectivity index (χ3v) is 6.74. The summed E-state index contributed by atoms with van der Waals surface area (Å²) >= 11 is 0. The van der Waals surface area contributed by atoms with E-state index in [0.29, 0.717) is 36.6 Å². The molecule has 156 valence electrons. The van der Waals surface area contributed by atoms with Crippen LogP contribution < -0.4 is 14.8 Å². The summed E-state index contributed by atoms with van der Waals surface area (Å²) in [5.74, 6) is -0.243. The van der Waals surface area contributed by atoms with Crippen LogP contribution in [0.2, 0.25) is 0 Å². The molecule has 2 aromatic carbocycles. The zero-order chi connectivity index (χ0) is 21.0. The van der Waals surface area contributed by atoms with Crippen molar-refractivity contribution in [3.8, 4) is 11.5 Å². The Morgan fingerprint density at radius 2 is 1.79 bits per heavy atom. The average molecular weight is 422 g/mol. The molecule has 9 heteroatoms. The van der Waals surface area contributed by atoms with Crippen molar-refractivity contribution in [1.82, 2.24) is 4.31 Å². The molecule has 1 aliphatic heterocycles. The predicted octanol–water partition coefficient (Wildman–Crippen LogP) is 2.88. The molecule has 1 N–H and O–H groups in total. The number of piperidine rings is 1. The van der Waals surface area contributed by atoms with E-state index >= 15 is 0 Å². The Morgan fingerprint density at radius 3 is 2.45 bits per heavy atom. The Hall–Kier alpha value is -2.65. The average Bonchev–Trinajstić information content (AvgIpc) is 2.74. The first-order chi connectivity index (χ1) is 13.8. The van der Waals surface area contributed by atoms with E-state index in [4.69, 9.17) is 9.47 Å². The number of anilines is 1. The van der Waals surface area contributed by atoms with Crippen LogP contribution in [0, 0.1) is 11.7 Å². The van der Waals surface area contributed by atoms with Gasteiger partial charge >= 0.3 is 0 Å². The molecule has 3 rings (SSSR count). The highest BCUT2D eigenvalue weighted by atomic mass is 32.2. The number of nitrogens with one attached hydrogen (secondary N) is 1. The van der Waals surface area contributed by atoms with Gasteiger partial charge in [-0.2, -0.15) is 4.31 Å². The van der Waals surface area contributed by atoms with Crippen LogP contribution in [0.5, 0.6) is 11.5 Å². The molecule has 0 aromatic heterocycles. The molecule has 0 radical (unpaired) electrons. The second-order valence-electron chi connectivity index (χ2n) is 6.72. The number of rotatable bonds is 6. The van der Waals surface area contributed by atoms with E-state index in [1.54, 1.807) is 18.2 Å². The summed E-state index contributed by atoms with van der Waals surface area (Å²) < 4.78 is 50.4. The summed E-state index contributed by atoms with van der Waals surface area (Å²) in [5.41, 5.74) is 0.533. The lowest BCUT2D eigenvalue weighted by atomic mass is 9.98. The van der Waals surface area contributed by atoms with Crippen molar-refractivity contribution in [3.05, 3.63) is 48.3 Å². The van der Waals surface area contributed by atoms with Gasteiger partial charge in [-0.15, -0.1) is 0 Å². The number of hydrogen-bond acceptors (Lipinski definition) is 5. The molecular weight excluding hydrogens is 399 g/mol. The zero-order valence-electron chi connectivity index (χ0n) is 16.2. The van der Waals surface area contributed by atoms with Crippen molar-refractivity contribution in [1.29, 1.82) is 0 Å². The lowest BCUT2D eigenvalue weighted by Crippen LogP contribution is -2.43. The fraction of sp³-hybridized carbons (Fsp3) is 0.350. The van der Waals surface area contributed by atoms with Gasteiger partial charge in [0.25, 0.3) is 0 Å². The standard InChI is InChI=1S/C20H23FN2O5S/c1-27-18-10-7-16(12-19(18)28-2)22-20(24)14-4-3-11-23(13-14)29(25,26)17-8-5-15(21)6-9-17/h5-10,12,14H,3-4,11,13H2,1-2H3,(H,22,24)/t14-/m1/s1. The minimum Gasteiger partial charge on any atom is -0.493 e. The van der Waals surface area contributed by atoms with Crippen molar-refractivity contribution >= 4 is 21.6 Å². The summed E-state index contributed by atoms with van der Waals surface area (Å²) in [6.45, 7) is 0.388. The Bertz CT molecular complexity index is 979. The quantitative estimate of drug-likeness (QED) is 0.774. The Kier molecular flexibility index (Phi) is 6.39. The van der Waals surface area contributed by atoms with E-state index in [0.717, 1.165) is 12.1 Å². The number of sulfonamides is 1. The topological polar surface area (TPSA) is 84.9 Å². The van der Waals surface area contributed by atoms with E-state index in [1.807, 2.05) is 0 Å². The second kappa shape index (κ2) is 8.79. The molecule has 1 aliphatic rings. The van der Waals surface area contributed by atoms with Gasteiger partial charge in [0.1, 0.15) is 5.82 Å². The van der Waals surface area contributed by atoms with Crippen LogP contribution in [-0.4, -0.2) is 45.9 Å². The fourth-order valence-corrected chi connectivity index (χ4v) is 4.81. The van der Waals surface area contributed by atoms with E-state index in [-0.39, 0.29) is 17.3 Å². The number of hydrogen-bond donors (Lipinski definition) is 1. The first-order valence-electron chi connectivity index (χ1n) is 9.13. The van der Waals surface area contributed by atoms with Gasteiger partial charge in [0.05, 0.1) is 25.0 Å². The van der Waals surface area contributed by atoms with Crippen molar-refractivity contribution in [2.75, 3.05) is 32.6 Å². The van der Waals surface area contributed by atoms with Crippen LogP contribution in [-0.2, 0) is 14.8 Å². The number of carbonyl (C=O) groups is 1. The monoisotopic (exact) mass is 422 g/mol. The van der Waals surface area contributed by atoms with E-state index in [2.05, 4.69) is 5.32 Å². The molecular formula is C20H23FN2O5S. The van der Waals surface area contributed by atoms with Gasteiger partial charge in [-0.05, 0) is 49.2 Å². The number of ether oxygens (including phenoxy) is 2. The highest BCUT2D eigenvalue weighted by Gasteiger charge is 2.33. The van der Waals surface area contributed by atoms with Gasteiger partial charge in [0.15, 0.2) is 11.5 Å².